The third-order valence-electron chi connectivity index (χ3n) is 4.27. The molecule has 0 atom stereocenters. The first-order chi connectivity index (χ1) is 13.7. The Morgan fingerprint density at radius 1 is 1.32 bits per heavy atom. The standard InChI is InChI=1S/C17H17N7O2S2/c1-2-3-11-14(28-23-22-11)16(26)24-7-4-10-13(9-24)27-17(20-10)21-15(25)12-8-18-5-6-19-12/h5-6,8H,2-4,7,9H2,1H3,(H,20,21,25). The van der Waals surface area contributed by atoms with Crippen molar-refractivity contribution in [1.82, 2.24) is 29.4 Å². The molecule has 144 valence electrons. The second-order valence-electron chi connectivity index (χ2n) is 6.21. The SMILES string of the molecule is CCCc1nnsc1C(=O)N1CCc2nc(NC(=O)c3cnccn3)sc2C1. The van der Waals surface area contributed by atoms with Gasteiger partial charge in [0.2, 0.25) is 0 Å². The number of anilines is 1. The van der Waals surface area contributed by atoms with E-state index in [1.54, 1.807) is 4.90 Å². The average Bonchev–Trinajstić information content (AvgIpc) is 3.34. The van der Waals surface area contributed by atoms with Gasteiger partial charge in [0.25, 0.3) is 11.8 Å². The van der Waals surface area contributed by atoms with E-state index in [4.69, 9.17) is 0 Å². The molecule has 3 aromatic heterocycles. The Morgan fingerprint density at radius 3 is 3.00 bits per heavy atom. The highest BCUT2D eigenvalue weighted by Gasteiger charge is 2.28. The van der Waals surface area contributed by atoms with Crippen molar-refractivity contribution in [1.29, 1.82) is 0 Å². The minimum atomic E-state index is -0.355. The van der Waals surface area contributed by atoms with E-state index in [1.165, 1.54) is 29.9 Å². The molecule has 1 N–H and O–H groups in total. The van der Waals surface area contributed by atoms with Crippen LogP contribution in [0.15, 0.2) is 18.6 Å². The second kappa shape index (κ2) is 8.07. The van der Waals surface area contributed by atoms with Crippen molar-refractivity contribution in [3.05, 3.63) is 45.4 Å². The normalized spacial score (nSPS) is 13.2. The van der Waals surface area contributed by atoms with Crippen LogP contribution in [-0.2, 0) is 19.4 Å². The lowest BCUT2D eigenvalue weighted by molar-refractivity contribution is 0.0739. The molecule has 4 rings (SSSR count). The van der Waals surface area contributed by atoms with Gasteiger partial charge in [0.05, 0.1) is 24.1 Å². The number of thiazole rings is 1. The van der Waals surface area contributed by atoms with Crippen molar-refractivity contribution in [2.24, 2.45) is 0 Å². The molecule has 0 unspecified atom stereocenters. The molecule has 1 aliphatic rings. The molecule has 0 aliphatic carbocycles. The predicted octanol–water partition coefficient (Wildman–Crippen LogP) is 2.19. The van der Waals surface area contributed by atoms with Crippen molar-refractivity contribution >= 4 is 39.8 Å². The van der Waals surface area contributed by atoms with Crippen molar-refractivity contribution in [3.8, 4) is 0 Å². The van der Waals surface area contributed by atoms with Crippen LogP contribution in [-0.4, -0.2) is 47.8 Å². The highest BCUT2D eigenvalue weighted by molar-refractivity contribution is 7.16. The lowest BCUT2D eigenvalue weighted by atomic mass is 10.1. The Bertz CT molecular complexity index is 1000. The van der Waals surface area contributed by atoms with Gasteiger partial charge in [0.1, 0.15) is 10.6 Å². The Kier molecular flexibility index (Phi) is 5.35. The minimum Gasteiger partial charge on any atom is -0.332 e. The topological polar surface area (TPSA) is 114 Å². The molecule has 9 nitrogen and oxygen atoms in total. The Hall–Kier alpha value is -2.79. The maximum Gasteiger partial charge on any atom is 0.277 e. The van der Waals surface area contributed by atoms with Crippen LogP contribution in [0.5, 0.6) is 0 Å². The summed E-state index contributed by atoms with van der Waals surface area (Å²) in [6.07, 6.45) is 6.69. The van der Waals surface area contributed by atoms with Gasteiger partial charge in [-0.1, -0.05) is 29.2 Å². The monoisotopic (exact) mass is 415 g/mol. The average molecular weight is 416 g/mol. The maximum atomic E-state index is 12.9. The summed E-state index contributed by atoms with van der Waals surface area (Å²) in [4.78, 5) is 40.9. The minimum absolute atomic E-state index is 0.0392. The number of hydrogen-bond acceptors (Lipinski definition) is 9. The smallest absolute Gasteiger partial charge is 0.277 e. The van der Waals surface area contributed by atoms with E-state index >= 15 is 0 Å². The number of aryl methyl sites for hydroxylation is 1. The Morgan fingerprint density at radius 2 is 2.21 bits per heavy atom. The molecule has 0 radical (unpaired) electrons. The molecule has 3 aromatic rings. The van der Waals surface area contributed by atoms with E-state index in [1.807, 2.05) is 0 Å². The number of nitrogens with zero attached hydrogens (tertiary/aromatic N) is 6. The van der Waals surface area contributed by atoms with Crippen LogP contribution in [0, 0.1) is 0 Å². The van der Waals surface area contributed by atoms with E-state index in [0.717, 1.165) is 40.6 Å². The van der Waals surface area contributed by atoms with Gasteiger partial charge < -0.3 is 4.90 Å². The van der Waals surface area contributed by atoms with Gasteiger partial charge in [-0.05, 0) is 18.0 Å². The number of carbonyl (C=O) groups excluding carboxylic acids is 2. The summed E-state index contributed by atoms with van der Waals surface area (Å²) in [5, 5.41) is 7.34. The van der Waals surface area contributed by atoms with Gasteiger partial charge in [-0.2, -0.15) is 0 Å². The van der Waals surface area contributed by atoms with Crippen LogP contribution in [0.3, 0.4) is 0 Å². The molecule has 0 aromatic carbocycles. The number of carbonyl (C=O) groups is 2. The van der Waals surface area contributed by atoms with Crippen LogP contribution in [0.25, 0.3) is 0 Å². The molecule has 2 amide bonds. The first-order valence-corrected chi connectivity index (χ1v) is 10.4. The van der Waals surface area contributed by atoms with E-state index in [2.05, 4.69) is 36.8 Å². The zero-order valence-electron chi connectivity index (χ0n) is 15.1. The fourth-order valence-corrected chi connectivity index (χ4v) is 4.61. The molecule has 0 fully saturated rings. The van der Waals surface area contributed by atoms with E-state index < -0.39 is 0 Å². The second-order valence-corrected chi connectivity index (χ2v) is 8.05. The number of nitrogens with one attached hydrogen (secondary N) is 1. The third kappa shape index (κ3) is 3.76. The number of amides is 2. The first-order valence-electron chi connectivity index (χ1n) is 8.82. The highest BCUT2D eigenvalue weighted by Crippen LogP contribution is 2.30. The first kappa shape index (κ1) is 18.6. The summed E-state index contributed by atoms with van der Waals surface area (Å²) in [6, 6.07) is 0. The molecule has 4 heterocycles. The summed E-state index contributed by atoms with van der Waals surface area (Å²) >= 11 is 2.53. The van der Waals surface area contributed by atoms with Crippen LogP contribution in [0.2, 0.25) is 0 Å². The zero-order valence-corrected chi connectivity index (χ0v) is 16.7. The Balaban J connectivity index is 1.46. The summed E-state index contributed by atoms with van der Waals surface area (Å²) < 4.78 is 3.94. The largest absolute Gasteiger partial charge is 0.332 e. The Labute approximate surface area is 169 Å². The van der Waals surface area contributed by atoms with Crippen LogP contribution in [0.1, 0.15) is 49.8 Å². The third-order valence-corrected chi connectivity index (χ3v) is 6.03. The lowest BCUT2D eigenvalue weighted by Gasteiger charge is -2.25. The zero-order chi connectivity index (χ0) is 19.5. The molecule has 0 spiro atoms. The van der Waals surface area contributed by atoms with Gasteiger partial charge in [-0.3, -0.25) is 19.9 Å². The quantitative estimate of drug-likeness (QED) is 0.679. The number of fused-ring (bicyclic) bond motifs is 1. The number of hydrogen-bond donors (Lipinski definition) is 1. The molecular weight excluding hydrogens is 398 g/mol. The van der Waals surface area contributed by atoms with Crippen molar-refractivity contribution in [3.63, 3.8) is 0 Å². The summed E-state index contributed by atoms with van der Waals surface area (Å²) in [7, 11) is 0. The summed E-state index contributed by atoms with van der Waals surface area (Å²) in [6.45, 7) is 3.10. The molecular formula is C17H17N7O2S2. The molecule has 28 heavy (non-hydrogen) atoms. The molecule has 11 heteroatoms. The van der Waals surface area contributed by atoms with Gasteiger partial charge in [-0.15, -0.1) is 5.10 Å². The lowest BCUT2D eigenvalue weighted by Crippen LogP contribution is -2.35. The molecule has 0 bridgehead atoms. The number of aromatic nitrogens is 5. The fraction of sp³-hybridized carbons (Fsp3) is 0.353. The van der Waals surface area contributed by atoms with E-state index in [-0.39, 0.29) is 17.5 Å². The molecule has 1 aliphatic heterocycles. The fourth-order valence-electron chi connectivity index (χ4n) is 2.91. The van der Waals surface area contributed by atoms with Crippen LogP contribution < -0.4 is 5.32 Å². The van der Waals surface area contributed by atoms with Crippen molar-refractivity contribution < 1.29 is 9.59 Å². The van der Waals surface area contributed by atoms with Crippen molar-refractivity contribution in [2.75, 3.05) is 11.9 Å². The number of rotatable bonds is 5. The maximum absolute atomic E-state index is 12.9. The van der Waals surface area contributed by atoms with E-state index in [0.29, 0.717) is 29.5 Å². The van der Waals surface area contributed by atoms with Crippen LogP contribution in [0.4, 0.5) is 5.13 Å². The molecule has 0 saturated heterocycles. The van der Waals surface area contributed by atoms with E-state index in [9.17, 15) is 9.59 Å². The predicted molar refractivity (Wildman–Crippen MR) is 104 cm³/mol. The summed E-state index contributed by atoms with van der Waals surface area (Å²) in [5.41, 5.74) is 1.91. The van der Waals surface area contributed by atoms with Gasteiger partial charge in [-0.25, -0.2) is 9.97 Å². The highest BCUT2D eigenvalue weighted by atomic mass is 32.1. The van der Waals surface area contributed by atoms with Crippen LogP contribution >= 0.6 is 22.9 Å². The summed E-state index contributed by atoms with van der Waals surface area (Å²) in [5.74, 6) is -0.394. The van der Waals surface area contributed by atoms with Crippen molar-refractivity contribution in [2.45, 2.75) is 32.7 Å². The molecule has 0 saturated carbocycles. The van der Waals surface area contributed by atoms with Gasteiger partial charge in [0, 0.05) is 30.2 Å². The van der Waals surface area contributed by atoms with Gasteiger partial charge in [0.15, 0.2) is 5.13 Å². The van der Waals surface area contributed by atoms with Gasteiger partial charge >= 0.3 is 0 Å².